The monoisotopic (exact) mass is 425 g/mol. The van der Waals surface area contributed by atoms with Crippen LogP contribution in [-0.4, -0.2) is 23.1 Å². The molecule has 1 atom stereocenters. The van der Waals surface area contributed by atoms with E-state index in [4.69, 9.17) is 0 Å². The average Bonchev–Trinajstić information content (AvgIpc) is 2.58. The molecule has 0 aliphatic carbocycles. The van der Waals surface area contributed by atoms with Crippen molar-refractivity contribution in [3.05, 3.63) is 69.0 Å². The van der Waals surface area contributed by atoms with Crippen LogP contribution < -0.4 is 0 Å². The van der Waals surface area contributed by atoms with Crippen molar-refractivity contribution in [1.82, 2.24) is 4.90 Å². The normalized spacial score (nSPS) is 18.0. The fraction of sp³-hybridized carbons (Fsp3) is 0.368. The Kier molecular flexibility index (Phi) is 5.67. The summed E-state index contributed by atoms with van der Waals surface area (Å²) in [5, 5.41) is 10.5. The number of likely N-dealkylation sites (tertiary alicyclic amines) is 1. The van der Waals surface area contributed by atoms with Gasteiger partial charge in [-0.3, -0.25) is 4.90 Å². The molecule has 3 rings (SSSR count). The van der Waals surface area contributed by atoms with Gasteiger partial charge < -0.3 is 5.11 Å². The summed E-state index contributed by atoms with van der Waals surface area (Å²) >= 11 is 2.38. The third kappa shape index (κ3) is 4.31. The highest BCUT2D eigenvalue weighted by Crippen LogP contribution is 2.31. The molecular weight excluding hydrogens is 404 g/mol. The highest BCUT2D eigenvalue weighted by atomic mass is 127. The maximum absolute atomic E-state index is 13.0. The third-order valence-electron chi connectivity index (χ3n) is 4.64. The summed E-state index contributed by atoms with van der Waals surface area (Å²) in [6, 6.07) is 14.7. The first-order chi connectivity index (χ1) is 11.1. The minimum Gasteiger partial charge on any atom is -0.388 e. The van der Waals surface area contributed by atoms with Crippen molar-refractivity contribution in [2.75, 3.05) is 13.1 Å². The lowest BCUT2D eigenvalue weighted by Gasteiger charge is -2.34. The molecule has 1 aliphatic rings. The van der Waals surface area contributed by atoms with Crippen LogP contribution in [0.4, 0.5) is 4.39 Å². The number of aliphatic hydroxyl groups excluding tert-OH is 1. The minimum absolute atomic E-state index is 0.256. The van der Waals surface area contributed by atoms with E-state index in [1.54, 1.807) is 12.1 Å². The summed E-state index contributed by atoms with van der Waals surface area (Å²) in [6.45, 7) is 2.96. The van der Waals surface area contributed by atoms with Gasteiger partial charge in [-0.25, -0.2) is 4.39 Å². The smallest absolute Gasteiger partial charge is 0.123 e. The second kappa shape index (κ2) is 7.73. The molecule has 2 aromatic rings. The number of benzene rings is 2. The van der Waals surface area contributed by atoms with Gasteiger partial charge >= 0.3 is 0 Å². The Hall–Kier alpha value is -0.980. The zero-order valence-corrected chi connectivity index (χ0v) is 15.1. The third-order valence-corrected chi connectivity index (χ3v) is 5.69. The van der Waals surface area contributed by atoms with Crippen molar-refractivity contribution in [3.8, 4) is 0 Å². The predicted molar refractivity (Wildman–Crippen MR) is 98.5 cm³/mol. The molecule has 0 aromatic heterocycles. The fourth-order valence-corrected chi connectivity index (χ4v) is 3.78. The van der Waals surface area contributed by atoms with Crippen LogP contribution in [0.1, 0.15) is 30.1 Å². The summed E-state index contributed by atoms with van der Waals surface area (Å²) in [5.74, 6) is -0.000195. The van der Waals surface area contributed by atoms with Gasteiger partial charge in [-0.2, -0.15) is 0 Å². The van der Waals surface area contributed by atoms with Crippen LogP contribution in [-0.2, 0) is 6.54 Å². The van der Waals surface area contributed by atoms with Crippen molar-refractivity contribution >= 4 is 22.6 Å². The first-order valence-electron chi connectivity index (χ1n) is 8.03. The Balaban J connectivity index is 1.56. The second-order valence-corrected chi connectivity index (χ2v) is 7.36. The van der Waals surface area contributed by atoms with Gasteiger partial charge in [0.25, 0.3) is 0 Å². The van der Waals surface area contributed by atoms with E-state index in [-0.39, 0.29) is 11.7 Å². The molecule has 1 saturated heterocycles. The number of hydrogen-bond acceptors (Lipinski definition) is 2. The van der Waals surface area contributed by atoms with Crippen LogP contribution >= 0.6 is 22.6 Å². The van der Waals surface area contributed by atoms with Crippen molar-refractivity contribution in [2.24, 2.45) is 5.92 Å². The lowest BCUT2D eigenvalue weighted by Crippen LogP contribution is -2.35. The zero-order chi connectivity index (χ0) is 16.2. The first-order valence-corrected chi connectivity index (χ1v) is 9.10. The predicted octanol–water partition coefficient (Wildman–Crippen LogP) is 4.38. The number of hydrogen-bond donors (Lipinski definition) is 1. The molecule has 1 aliphatic heterocycles. The topological polar surface area (TPSA) is 23.5 Å². The molecule has 0 bridgehead atoms. The number of nitrogens with zero attached hydrogens (tertiary/aromatic N) is 1. The molecule has 0 amide bonds. The molecule has 1 fully saturated rings. The van der Waals surface area contributed by atoms with E-state index < -0.39 is 6.10 Å². The molecule has 0 saturated carbocycles. The lowest BCUT2D eigenvalue weighted by atomic mass is 9.87. The highest BCUT2D eigenvalue weighted by molar-refractivity contribution is 14.1. The van der Waals surface area contributed by atoms with Gasteiger partial charge in [-0.1, -0.05) is 30.3 Å². The van der Waals surface area contributed by atoms with Gasteiger partial charge in [0.2, 0.25) is 0 Å². The van der Waals surface area contributed by atoms with Gasteiger partial charge in [-0.15, -0.1) is 0 Å². The minimum atomic E-state index is -0.491. The molecule has 122 valence electrons. The molecular formula is C19H21FINO. The number of aliphatic hydroxyl groups is 1. The number of rotatable bonds is 4. The van der Waals surface area contributed by atoms with E-state index in [0.717, 1.165) is 38.0 Å². The Morgan fingerprint density at radius 1 is 1.09 bits per heavy atom. The van der Waals surface area contributed by atoms with Crippen LogP contribution in [0.15, 0.2) is 48.5 Å². The summed E-state index contributed by atoms with van der Waals surface area (Å²) in [6.07, 6.45) is 1.46. The Morgan fingerprint density at radius 2 is 1.74 bits per heavy atom. The molecule has 2 aromatic carbocycles. The van der Waals surface area contributed by atoms with Crippen molar-refractivity contribution < 1.29 is 9.50 Å². The van der Waals surface area contributed by atoms with E-state index >= 15 is 0 Å². The van der Waals surface area contributed by atoms with Crippen LogP contribution in [0.2, 0.25) is 0 Å². The molecule has 2 nitrogen and oxygen atoms in total. The second-order valence-electron chi connectivity index (χ2n) is 6.20. The molecule has 0 spiro atoms. The lowest BCUT2D eigenvalue weighted by molar-refractivity contribution is 0.0567. The Morgan fingerprint density at radius 3 is 2.39 bits per heavy atom. The summed E-state index contributed by atoms with van der Waals surface area (Å²) in [4.78, 5) is 2.45. The van der Waals surface area contributed by atoms with Crippen molar-refractivity contribution in [2.45, 2.75) is 25.5 Å². The largest absolute Gasteiger partial charge is 0.388 e. The average molecular weight is 425 g/mol. The van der Waals surface area contributed by atoms with Crippen LogP contribution in [0, 0.1) is 15.3 Å². The first kappa shape index (κ1) is 16.9. The molecule has 1 N–H and O–H groups in total. The number of piperidine rings is 1. The van der Waals surface area contributed by atoms with Gasteiger partial charge in [0.05, 0.1) is 6.10 Å². The van der Waals surface area contributed by atoms with E-state index in [9.17, 15) is 9.50 Å². The quantitative estimate of drug-likeness (QED) is 0.736. The Labute approximate surface area is 150 Å². The SMILES string of the molecule is O[C@@H](c1ccc(F)cc1)C1CCN(Cc2ccccc2I)CC1. The molecule has 4 heteroatoms. The Bertz CT molecular complexity index is 638. The standard InChI is InChI=1S/C19H21FINO/c20-17-7-5-14(6-8-17)19(23)15-9-11-22(12-10-15)13-16-3-1-2-4-18(16)21/h1-8,15,19,23H,9-13H2/t19-/m0/s1. The summed E-state index contributed by atoms with van der Waals surface area (Å²) in [7, 11) is 0. The van der Waals surface area contributed by atoms with Gasteiger partial charge in [0, 0.05) is 10.1 Å². The van der Waals surface area contributed by atoms with Crippen molar-refractivity contribution in [1.29, 1.82) is 0 Å². The summed E-state index contributed by atoms with van der Waals surface area (Å²) in [5.41, 5.74) is 2.19. The zero-order valence-electron chi connectivity index (χ0n) is 13.0. The van der Waals surface area contributed by atoms with Crippen LogP contribution in [0.5, 0.6) is 0 Å². The molecule has 1 heterocycles. The van der Waals surface area contributed by atoms with Crippen LogP contribution in [0.3, 0.4) is 0 Å². The van der Waals surface area contributed by atoms with Crippen LogP contribution in [0.25, 0.3) is 0 Å². The van der Waals surface area contributed by atoms with E-state index in [1.807, 2.05) is 0 Å². The van der Waals surface area contributed by atoms with E-state index in [1.165, 1.54) is 21.3 Å². The summed E-state index contributed by atoms with van der Waals surface area (Å²) < 4.78 is 14.3. The molecule has 0 unspecified atom stereocenters. The fourth-order valence-electron chi connectivity index (χ4n) is 3.23. The highest BCUT2D eigenvalue weighted by Gasteiger charge is 2.26. The van der Waals surface area contributed by atoms with E-state index in [0.29, 0.717) is 0 Å². The van der Waals surface area contributed by atoms with Gasteiger partial charge in [0.15, 0.2) is 0 Å². The van der Waals surface area contributed by atoms with E-state index in [2.05, 4.69) is 51.8 Å². The number of halogens is 2. The maximum Gasteiger partial charge on any atom is 0.123 e. The maximum atomic E-state index is 13.0. The molecule has 0 radical (unpaired) electrons. The van der Waals surface area contributed by atoms with Gasteiger partial charge in [0.1, 0.15) is 5.82 Å². The van der Waals surface area contributed by atoms with Crippen molar-refractivity contribution in [3.63, 3.8) is 0 Å². The molecule has 23 heavy (non-hydrogen) atoms. The van der Waals surface area contributed by atoms with Gasteiger partial charge in [-0.05, 0) is 83.8 Å².